The molecule has 0 unspecified atom stereocenters. The normalized spacial score (nSPS) is 18.0. The monoisotopic (exact) mass is 208 g/mol. The SMILES string of the molecule is O=C(O)[C@H]1Cc2ccc([N+](=O)[O-])cc2N1. The Kier molecular flexibility index (Phi) is 2.03. The third kappa shape index (κ3) is 1.61. The van der Waals surface area contributed by atoms with E-state index in [-0.39, 0.29) is 5.69 Å². The summed E-state index contributed by atoms with van der Waals surface area (Å²) in [6.45, 7) is 0. The van der Waals surface area contributed by atoms with Crippen molar-refractivity contribution in [3.63, 3.8) is 0 Å². The van der Waals surface area contributed by atoms with Crippen LogP contribution in [-0.2, 0) is 11.2 Å². The standard InChI is InChI=1S/C9H8N2O4/c12-9(13)8-3-5-1-2-6(11(14)15)4-7(5)10-8/h1-2,4,8,10H,3H2,(H,12,13)/t8-/m1/s1. The van der Waals surface area contributed by atoms with Crippen LogP contribution < -0.4 is 5.32 Å². The van der Waals surface area contributed by atoms with Gasteiger partial charge in [0.05, 0.1) is 4.92 Å². The third-order valence-electron chi connectivity index (χ3n) is 2.36. The Bertz CT molecular complexity index is 444. The molecule has 0 aromatic heterocycles. The van der Waals surface area contributed by atoms with E-state index >= 15 is 0 Å². The van der Waals surface area contributed by atoms with Crippen molar-refractivity contribution in [3.8, 4) is 0 Å². The average Bonchev–Trinajstić information content (AvgIpc) is 2.59. The molecule has 1 atom stereocenters. The van der Waals surface area contributed by atoms with E-state index in [2.05, 4.69) is 5.32 Å². The van der Waals surface area contributed by atoms with E-state index in [4.69, 9.17) is 5.11 Å². The summed E-state index contributed by atoms with van der Waals surface area (Å²) in [5.74, 6) is -0.950. The van der Waals surface area contributed by atoms with Crippen LogP contribution >= 0.6 is 0 Å². The highest BCUT2D eigenvalue weighted by Crippen LogP contribution is 2.29. The van der Waals surface area contributed by atoms with E-state index in [0.717, 1.165) is 5.56 Å². The fraction of sp³-hybridized carbons (Fsp3) is 0.222. The zero-order valence-electron chi connectivity index (χ0n) is 7.64. The van der Waals surface area contributed by atoms with Gasteiger partial charge in [-0.15, -0.1) is 0 Å². The van der Waals surface area contributed by atoms with Gasteiger partial charge in [-0.05, 0) is 5.56 Å². The van der Waals surface area contributed by atoms with Crippen molar-refractivity contribution in [1.29, 1.82) is 0 Å². The molecule has 1 aromatic carbocycles. The highest BCUT2D eigenvalue weighted by atomic mass is 16.6. The minimum atomic E-state index is -0.950. The molecule has 1 heterocycles. The van der Waals surface area contributed by atoms with Crippen LogP contribution in [0.4, 0.5) is 11.4 Å². The maximum Gasteiger partial charge on any atom is 0.326 e. The maximum atomic E-state index is 10.7. The molecule has 2 rings (SSSR count). The minimum absolute atomic E-state index is 0.0349. The Hall–Kier alpha value is -2.11. The lowest BCUT2D eigenvalue weighted by atomic mass is 10.1. The van der Waals surface area contributed by atoms with Gasteiger partial charge < -0.3 is 10.4 Å². The lowest BCUT2D eigenvalue weighted by molar-refractivity contribution is -0.384. The van der Waals surface area contributed by atoms with Crippen LogP contribution in [-0.4, -0.2) is 22.0 Å². The summed E-state index contributed by atoms with van der Waals surface area (Å²) in [5.41, 5.74) is 1.30. The Morgan fingerprint density at radius 1 is 1.60 bits per heavy atom. The average molecular weight is 208 g/mol. The minimum Gasteiger partial charge on any atom is -0.480 e. The van der Waals surface area contributed by atoms with Gasteiger partial charge in [0.15, 0.2) is 0 Å². The summed E-state index contributed by atoms with van der Waals surface area (Å²) in [7, 11) is 0. The first-order chi connectivity index (χ1) is 7.08. The molecule has 6 heteroatoms. The number of nitro groups is 1. The topological polar surface area (TPSA) is 92.5 Å². The van der Waals surface area contributed by atoms with E-state index in [0.29, 0.717) is 12.1 Å². The van der Waals surface area contributed by atoms with Crippen LogP contribution in [0.1, 0.15) is 5.56 Å². The smallest absolute Gasteiger partial charge is 0.326 e. The number of anilines is 1. The number of rotatable bonds is 2. The van der Waals surface area contributed by atoms with Crippen LogP contribution in [0.2, 0.25) is 0 Å². The van der Waals surface area contributed by atoms with Crippen LogP contribution in [0, 0.1) is 10.1 Å². The largest absolute Gasteiger partial charge is 0.480 e. The molecule has 0 saturated carbocycles. The Morgan fingerprint density at radius 2 is 2.33 bits per heavy atom. The van der Waals surface area contributed by atoms with Gasteiger partial charge in [0.1, 0.15) is 6.04 Å². The highest BCUT2D eigenvalue weighted by Gasteiger charge is 2.27. The number of hydrogen-bond acceptors (Lipinski definition) is 4. The number of fused-ring (bicyclic) bond motifs is 1. The number of carboxylic acids is 1. The van der Waals surface area contributed by atoms with Crippen LogP contribution in [0.15, 0.2) is 18.2 Å². The van der Waals surface area contributed by atoms with Crippen molar-refractivity contribution < 1.29 is 14.8 Å². The zero-order valence-corrected chi connectivity index (χ0v) is 7.64. The highest BCUT2D eigenvalue weighted by molar-refractivity contribution is 5.81. The fourth-order valence-corrected chi connectivity index (χ4v) is 1.60. The van der Waals surface area contributed by atoms with Crippen LogP contribution in [0.3, 0.4) is 0 Å². The van der Waals surface area contributed by atoms with Gasteiger partial charge in [0.2, 0.25) is 0 Å². The third-order valence-corrected chi connectivity index (χ3v) is 2.36. The summed E-state index contributed by atoms with van der Waals surface area (Å²) in [6.07, 6.45) is 0.364. The molecule has 78 valence electrons. The zero-order chi connectivity index (χ0) is 11.0. The van der Waals surface area contributed by atoms with Gasteiger partial charge in [-0.3, -0.25) is 10.1 Å². The van der Waals surface area contributed by atoms with Crippen LogP contribution in [0.25, 0.3) is 0 Å². The second-order valence-electron chi connectivity index (χ2n) is 3.34. The molecule has 0 amide bonds. The first kappa shape index (κ1) is 9.45. The van der Waals surface area contributed by atoms with E-state index < -0.39 is 16.9 Å². The van der Waals surface area contributed by atoms with Crippen LogP contribution in [0.5, 0.6) is 0 Å². The fourth-order valence-electron chi connectivity index (χ4n) is 1.60. The van der Waals surface area contributed by atoms with Crippen molar-refractivity contribution in [2.75, 3.05) is 5.32 Å². The molecule has 1 aliphatic heterocycles. The number of benzene rings is 1. The molecular weight excluding hydrogens is 200 g/mol. The summed E-state index contributed by atoms with van der Waals surface area (Å²) in [4.78, 5) is 20.7. The van der Waals surface area contributed by atoms with E-state index in [1.165, 1.54) is 12.1 Å². The number of carbonyl (C=O) groups is 1. The lowest BCUT2D eigenvalue weighted by Crippen LogP contribution is -2.26. The van der Waals surface area contributed by atoms with Crippen molar-refractivity contribution in [2.45, 2.75) is 12.5 Å². The molecule has 0 fully saturated rings. The molecule has 0 spiro atoms. The first-order valence-electron chi connectivity index (χ1n) is 4.34. The quantitative estimate of drug-likeness (QED) is 0.559. The van der Waals surface area contributed by atoms with Crippen molar-refractivity contribution >= 4 is 17.3 Å². The maximum absolute atomic E-state index is 10.7. The molecule has 0 aliphatic carbocycles. The molecular formula is C9H8N2O4. The van der Waals surface area contributed by atoms with Gasteiger partial charge >= 0.3 is 5.97 Å². The van der Waals surface area contributed by atoms with Gasteiger partial charge in [-0.2, -0.15) is 0 Å². The number of aliphatic carboxylic acids is 1. The van der Waals surface area contributed by atoms with Gasteiger partial charge in [0.25, 0.3) is 5.69 Å². The van der Waals surface area contributed by atoms with Gasteiger partial charge in [-0.25, -0.2) is 4.79 Å². The van der Waals surface area contributed by atoms with Crippen molar-refractivity contribution in [3.05, 3.63) is 33.9 Å². The second kappa shape index (κ2) is 3.23. The van der Waals surface area contributed by atoms with Gasteiger partial charge in [0, 0.05) is 24.2 Å². The second-order valence-corrected chi connectivity index (χ2v) is 3.34. The van der Waals surface area contributed by atoms with Gasteiger partial charge in [-0.1, -0.05) is 6.07 Å². The summed E-state index contributed by atoms with van der Waals surface area (Å²) >= 11 is 0. The van der Waals surface area contributed by atoms with Crippen molar-refractivity contribution in [2.24, 2.45) is 0 Å². The van der Waals surface area contributed by atoms with E-state index in [1.807, 2.05) is 0 Å². The summed E-state index contributed by atoms with van der Waals surface area (Å²) in [6, 6.07) is 3.65. The first-order valence-corrected chi connectivity index (χ1v) is 4.34. The molecule has 2 N–H and O–H groups in total. The Morgan fingerprint density at radius 3 is 2.93 bits per heavy atom. The molecule has 0 saturated heterocycles. The predicted octanol–water partition coefficient (Wildman–Crippen LogP) is 1.02. The number of nitro benzene ring substituents is 1. The van der Waals surface area contributed by atoms with Crippen molar-refractivity contribution in [1.82, 2.24) is 0 Å². The van der Waals surface area contributed by atoms with E-state index in [9.17, 15) is 14.9 Å². The summed E-state index contributed by atoms with van der Waals surface area (Å²) < 4.78 is 0. The number of non-ortho nitro benzene ring substituents is 1. The molecule has 6 nitrogen and oxygen atoms in total. The lowest BCUT2D eigenvalue weighted by Gasteiger charge is -2.03. The van der Waals surface area contributed by atoms with E-state index in [1.54, 1.807) is 6.07 Å². The Labute approximate surface area is 84.7 Å². The predicted molar refractivity (Wildman–Crippen MR) is 51.8 cm³/mol. The molecule has 1 aromatic rings. The number of carboxylic acid groups (broad SMARTS) is 1. The number of nitrogens with zero attached hydrogens (tertiary/aromatic N) is 1. The summed E-state index contributed by atoms with van der Waals surface area (Å²) in [5, 5.41) is 22.0. The molecule has 0 bridgehead atoms. The number of nitrogens with one attached hydrogen (secondary N) is 1. The number of hydrogen-bond donors (Lipinski definition) is 2. The molecule has 1 aliphatic rings. The molecule has 15 heavy (non-hydrogen) atoms. The Balaban J connectivity index is 2.31. The molecule has 0 radical (unpaired) electrons.